The number of carboxylic acid groups (broad SMARTS) is 1. The van der Waals surface area contributed by atoms with Crippen LogP contribution in [0, 0.1) is 0 Å². The number of carboxylic acids is 1. The van der Waals surface area contributed by atoms with Crippen LogP contribution < -0.4 is 11.2 Å². The van der Waals surface area contributed by atoms with Crippen LogP contribution in [0.3, 0.4) is 0 Å². The molecule has 0 saturated carbocycles. The number of aromatic carboxylic acids is 1. The van der Waals surface area contributed by atoms with Crippen LogP contribution in [-0.4, -0.2) is 38.3 Å². The van der Waals surface area contributed by atoms with Crippen LogP contribution in [0.2, 0.25) is 0 Å². The Balaban J connectivity index is 0.00000324. The number of H-pyrrole nitrogens is 1. The lowest BCUT2D eigenvalue weighted by Gasteiger charge is -2.43. The molecule has 0 bridgehead atoms. The molecule has 2 unspecified atom stereocenters. The van der Waals surface area contributed by atoms with Gasteiger partial charge < -0.3 is 15.8 Å². The summed E-state index contributed by atoms with van der Waals surface area (Å²) in [6, 6.07) is 11.4. The van der Waals surface area contributed by atoms with Gasteiger partial charge in [0.15, 0.2) is 5.78 Å². The van der Waals surface area contributed by atoms with Gasteiger partial charge in [-0.05, 0) is 55.2 Å². The first kappa shape index (κ1) is 25.4. The van der Waals surface area contributed by atoms with Gasteiger partial charge in [-0.2, -0.15) is 5.01 Å². The van der Waals surface area contributed by atoms with Crippen molar-refractivity contribution in [2.24, 2.45) is 5.73 Å². The first-order valence-corrected chi connectivity index (χ1v) is 10.9. The van der Waals surface area contributed by atoms with E-state index in [0.29, 0.717) is 12.0 Å². The third-order valence-electron chi connectivity index (χ3n) is 6.16. The fourth-order valence-corrected chi connectivity index (χ4v) is 4.37. The molecule has 2 heterocycles. The second-order valence-electron chi connectivity index (χ2n) is 9.02. The summed E-state index contributed by atoms with van der Waals surface area (Å²) in [6.45, 7) is 4.99. The van der Waals surface area contributed by atoms with E-state index in [9.17, 15) is 19.5 Å². The summed E-state index contributed by atoms with van der Waals surface area (Å²) in [6.07, 6.45) is 2.54. The SMILES string of the molecule is CCC(=O)C1c2ccc(C(=O)O)cc2CC(c2c[nH]c3ccccc23)N1NC(=O)C(C)(C)N.Cl. The minimum absolute atomic E-state index is 0. The molecule has 3 aromatic rings. The molecule has 1 aromatic heterocycles. The van der Waals surface area contributed by atoms with Crippen molar-refractivity contribution in [2.75, 3.05) is 0 Å². The monoisotopic (exact) mass is 484 g/mol. The Bertz CT molecular complexity index is 1250. The molecule has 34 heavy (non-hydrogen) atoms. The number of hydrogen-bond acceptors (Lipinski definition) is 5. The lowest BCUT2D eigenvalue weighted by atomic mass is 9.83. The summed E-state index contributed by atoms with van der Waals surface area (Å²) in [7, 11) is 0. The van der Waals surface area contributed by atoms with E-state index >= 15 is 0 Å². The highest BCUT2D eigenvalue weighted by molar-refractivity contribution is 5.91. The third-order valence-corrected chi connectivity index (χ3v) is 6.16. The Morgan fingerprint density at radius 1 is 1.18 bits per heavy atom. The molecule has 1 aliphatic heterocycles. The number of ketones is 1. The van der Waals surface area contributed by atoms with E-state index < -0.39 is 29.5 Å². The topological polar surface area (TPSA) is 129 Å². The molecule has 1 amide bonds. The second-order valence-corrected chi connectivity index (χ2v) is 9.02. The van der Waals surface area contributed by atoms with Gasteiger partial charge in [-0.1, -0.05) is 31.2 Å². The van der Waals surface area contributed by atoms with Gasteiger partial charge in [0, 0.05) is 23.5 Å². The summed E-state index contributed by atoms with van der Waals surface area (Å²) < 4.78 is 0. The number of amides is 1. The Hall–Kier alpha value is -3.20. The minimum atomic E-state index is -1.15. The summed E-state index contributed by atoms with van der Waals surface area (Å²) >= 11 is 0. The van der Waals surface area contributed by atoms with E-state index in [0.717, 1.165) is 22.0 Å². The predicted octanol–water partition coefficient (Wildman–Crippen LogP) is 3.68. The maximum Gasteiger partial charge on any atom is 0.335 e. The fourth-order valence-electron chi connectivity index (χ4n) is 4.37. The van der Waals surface area contributed by atoms with E-state index in [1.54, 1.807) is 37.9 Å². The summed E-state index contributed by atoms with van der Waals surface area (Å²) in [4.78, 5) is 41.0. The number of carbonyl (C=O) groups excluding carboxylic acids is 2. The van der Waals surface area contributed by atoms with Gasteiger partial charge in [0.1, 0.15) is 6.04 Å². The minimum Gasteiger partial charge on any atom is -0.478 e. The van der Waals surface area contributed by atoms with Crippen LogP contribution in [0.15, 0.2) is 48.7 Å². The van der Waals surface area contributed by atoms with Crippen molar-refractivity contribution in [3.8, 4) is 0 Å². The third kappa shape index (κ3) is 4.57. The standard InChI is InChI=1S/C25H28N4O4.ClH/c1-4-21(30)22-16-10-9-14(23(31)32)11-15(16)12-20(29(22)28-24(33)25(2,3)26)18-13-27-19-8-6-5-7-17(18)19;/h5-11,13,20,22,27H,4,12,26H2,1-3H3,(H,28,33)(H,31,32);1H. The molecule has 0 saturated heterocycles. The highest BCUT2D eigenvalue weighted by Crippen LogP contribution is 2.42. The van der Waals surface area contributed by atoms with E-state index in [4.69, 9.17) is 5.73 Å². The number of fused-ring (bicyclic) bond motifs is 2. The largest absolute Gasteiger partial charge is 0.478 e. The Morgan fingerprint density at radius 3 is 2.53 bits per heavy atom. The van der Waals surface area contributed by atoms with E-state index in [-0.39, 0.29) is 30.2 Å². The summed E-state index contributed by atoms with van der Waals surface area (Å²) in [5.74, 6) is -1.52. The molecule has 0 spiro atoms. The molecule has 8 nitrogen and oxygen atoms in total. The van der Waals surface area contributed by atoms with Crippen molar-refractivity contribution >= 4 is 41.0 Å². The molecule has 0 fully saturated rings. The number of rotatable bonds is 6. The number of nitrogens with two attached hydrogens (primary N) is 1. The quantitative estimate of drug-likeness (QED) is 0.422. The first-order chi connectivity index (χ1) is 15.6. The maximum atomic E-state index is 13.2. The molecule has 4 rings (SSSR count). The number of hydrogen-bond donors (Lipinski definition) is 4. The zero-order chi connectivity index (χ0) is 23.9. The number of aromatic amines is 1. The number of Topliss-reactive ketones (excluding diaryl/α,β-unsaturated/α-hetero) is 1. The lowest BCUT2D eigenvalue weighted by molar-refractivity contribution is -0.138. The number of carbonyl (C=O) groups is 3. The highest BCUT2D eigenvalue weighted by atomic mass is 35.5. The average molecular weight is 485 g/mol. The van der Waals surface area contributed by atoms with Gasteiger partial charge in [-0.25, -0.2) is 4.79 Å². The number of para-hydroxylation sites is 1. The Morgan fingerprint density at radius 2 is 1.88 bits per heavy atom. The highest BCUT2D eigenvalue weighted by Gasteiger charge is 2.41. The van der Waals surface area contributed by atoms with Gasteiger partial charge in [-0.3, -0.25) is 15.0 Å². The smallest absolute Gasteiger partial charge is 0.335 e. The normalized spacial score (nSPS) is 18.1. The van der Waals surface area contributed by atoms with E-state index in [1.807, 2.05) is 30.5 Å². The Kier molecular flexibility index (Phi) is 7.16. The lowest BCUT2D eigenvalue weighted by Crippen LogP contribution is -2.58. The molecule has 9 heteroatoms. The van der Waals surface area contributed by atoms with Gasteiger partial charge in [0.05, 0.1) is 17.1 Å². The molecular weight excluding hydrogens is 456 g/mol. The number of benzene rings is 2. The molecule has 1 aliphatic rings. The summed E-state index contributed by atoms with van der Waals surface area (Å²) in [5.41, 5.74) is 11.3. The molecule has 180 valence electrons. The van der Waals surface area contributed by atoms with Crippen molar-refractivity contribution in [3.63, 3.8) is 0 Å². The molecule has 2 aromatic carbocycles. The van der Waals surface area contributed by atoms with Crippen molar-refractivity contribution in [1.29, 1.82) is 0 Å². The van der Waals surface area contributed by atoms with Crippen LogP contribution in [0.4, 0.5) is 0 Å². The molecule has 0 radical (unpaired) electrons. The fraction of sp³-hybridized carbons (Fsp3) is 0.320. The van der Waals surface area contributed by atoms with Gasteiger partial charge >= 0.3 is 5.97 Å². The summed E-state index contributed by atoms with van der Waals surface area (Å²) in [5, 5.41) is 12.2. The zero-order valence-corrected chi connectivity index (χ0v) is 20.1. The predicted molar refractivity (Wildman–Crippen MR) is 132 cm³/mol. The number of hydrazine groups is 1. The first-order valence-electron chi connectivity index (χ1n) is 10.9. The second kappa shape index (κ2) is 9.58. The molecular formula is C25H29ClN4O4. The molecule has 5 N–H and O–H groups in total. The van der Waals surface area contributed by atoms with Crippen molar-refractivity contribution in [2.45, 2.75) is 51.2 Å². The van der Waals surface area contributed by atoms with Crippen LogP contribution in [-0.2, 0) is 16.0 Å². The Labute approximate surface area is 203 Å². The average Bonchev–Trinajstić information content (AvgIpc) is 3.21. The number of aromatic nitrogens is 1. The van der Waals surface area contributed by atoms with Crippen molar-refractivity contribution < 1.29 is 19.5 Å². The number of nitrogens with zero attached hydrogens (tertiary/aromatic N) is 1. The van der Waals surface area contributed by atoms with Gasteiger partial charge in [0.2, 0.25) is 0 Å². The van der Waals surface area contributed by atoms with Crippen LogP contribution in [0.5, 0.6) is 0 Å². The number of nitrogens with one attached hydrogen (secondary N) is 2. The maximum absolute atomic E-state index is 13.2. The molecule has 0 aliphatic carbocycles. The van der Waals surface area contributed by atoms with Crippen LogP contribution >= 0.6 is 12.4 Å². The van der Waals surface area contributed by atoms with Gasteiger partial charge in [0.25, 0.3) is 5.91 Å². The number of halogens is 1. The zero-order valence-electron chi connectivity index (χ0n) is 19.3. The van der Waals surface area contributed by atoms with Gasteiger partial charge in [-0.15, -0.1) is 12.4 Å². The van der Waals surface area contributed by atoms with Crippen molar-refractivity contribution in [1.82, 2.24) is 15.4 Å². The van der Waals surface area contributed by atoms with E-state index in [1.165, 1.54) is 6.07 Å². The van der Waals surface area contributed by atoms with Crippen LogP contribution in [0.25, 0.3) is 10.9 Å². The van der Waals surface area contributed by atoms with Crippen molar-refractivity contribution in [3.05, 3.63) is 70.9 Å². The van der Waals surface area contributed by atoms with E-state index in [2.05, 4.69) is 10.4 Å². The van der Waals surface area contributed by atoms with Crippen LogP contribution in [0.1, 0.15) is 66.3 Å². The molecule has 2 atom stereocenters.